The Kier molecular flexibility index (Phi) is 4.66. The number of fused-ring (bicyclic) bond motifs is 1. The van der Waals surface area contributed by atoms with Crippen LogP contribution in [0.4, 0.5) is 0 Å². The second-order valence-electron chi connectivity index (χ2n) is 5.39. The highest BCUT2D eigenvalue weighted by atomic mass is 16.5. The lowest BCUT2D eigenvalue weighted by atomic mass is 10.1. The molecule has 0 amide bonds. The molecular formula is C20H20N2O2. The largest absolute Gasteiger partial charge is 0.489 e. The first-order valence-electron chi connectivity index (χ1n) is 7.77. The average Bonchev–Trinajstić information content (AvgIpc) is 2.94. The summed E-state index contributed by atoms with van der Waals surface area (Å²) in [6.45, 7) is 6.15. The van der Waals surface area contributed by atoms with Gasteiger partial charge in [-0.3, -0.25) is 4.99 Å². The Morgan fingerprint density at radius 2 is 2.04 bits per heavy atom. The first-order chi connectivity index (χ1) is 11.7. The van der Waals surface area contributed by atoms with Gasteiger partial charge in [0.15, 0.2) is 0 Å². The van der Waals surface area contributed by atoms with Gasteiger partial charge in [0.25, 0.3) is 0 Å². The van der Waals surface area contributed by atoms with E-state index in [9.17, 15) is 0 Å². The summed E-state index contributed by atoms with van der Waals surface area (Å²) in [7, 11) is 1.74. The van der Waals surface area contributed by atoms with Crippen molar-refractivity contribution in [2.24, 2.45) is 4.99 Å². The molecule has 122 valence electrons. The van der Waals surface area contributed by atoms with Crippen LogP contribution in [0.1, 0.15) is 16.9 Å². The zero-order valence-electron chi connectivity index (χ0n) is 13.9. The summed E-state index contributed by atoms with van der Waals surface area (Å²) in [6.07, 6.45) is 1.61. The van der Waals surface area contributed by atoms with Gasteiger partial charge in [-0.2, -0.15) is 0 Å². The van der Waals surface area contributed by atoms with E-state index >= 15 is 0 Å². The van der Waals surface area contributed by atoms with Crippen molar-refractivity contribution in [1.82, 2.24) is 5.32 Å². The first-order valence-corrected chi connectivity index (χ1v) is 7.77. The van der Waals surface area contributed by atoms with Crippen LogP contribution in [0, 0.1) is 6.92 Å². The van der Waals surface area contributed by atoms with Gasteiger partial charge in [-0.15, -0.1) is 0 Å². The molecule has 1 heterocycles. The summed E-state index contributed by atoms with van der Waals surface area (Å²) in [5.41, 5.74) is 2.87. The maximum Gasteiger partial charge on any atom is 0.136 e. The van der Waals surface area contributed by atoms with E-state index in [4.69, 9.17) is 9.15 Å². The quantitative estimate of drug-likeness (QED) is 0.559. The van der Waals surface area contributed by atoms with Crippen molar-refractivity contribution in [2.75, 3.05) is 7.05 Å². The first kappa shape index (κ1) is 15.9. The molecule has 0 aliphatic heterocycles. The molecule has 4 nitrogen and oxygen atoms in total. The lowest BCUT2D eigenvalue weighted by molar-refractivity contribution is 0.306. The van der Waals surface area contributed by atoms with Crippen LogP contribution in [-0.4, -0.2) is 12.9 Å². The Labute approximate surface area is 141 Å². The van der Waals surface area contributed by atoms with Crippen LogP contribution in [0.5, 0.6) is 5.75 Å². The predicted octanol–water partition coefficient (Wildman–Crippen LogP) is 4.43. The van der Waals surface area contributed by atoms with E-state index in [1.165, 1.54) is 0 Å². The number of amidine groups is 1. The number of nitrogens with zero attached hydrogens (tertiary/aromatic N) is 1. The van der Waals surface area contributed by atoms with Gasteiger partial charge in [-0.1, -0.05) is 36.9 Å². The fourth-order valence-corrected chi connectivity index (χ4v) is 2.67. The maximum absolute atomic E-state index is 5.92. The van der Waals surface area contributed by atoms with Crippen LogP contribution < -0.4 is 10.1 Å². The Bertz CT molecular complexity index is 879. The number of ether oxygens (including phenoxy) is 1. The van der Waals surface area contributed by atoms with E-state index in [1.54, 1.807) is 13.2 Å². The molecule has 0 aliphatic carbocycles. The minimum atomic E-state index is 0.526. The lowest BCUT2D eigenvalue weighted by Gasteiger charge is -2.07. The van der Waals surface area contributed by atoms with E-state index in [1.807, 2.05) is 55.5 Å². The van der Waals surface area contributed by atoms with Crippen molar-refractivity contribution in [2.45, 2.75) is 13.5 Å². The molecule has 0 saturated heterocycles. The standard InChI is InChI=1S/C20H20N2O2/c1-4-22-20(21-3)19-14(2)24-18-11-10-16(12-17(18)19)23-13-15-8-6-5-7-9-15/h4-12H,1,13H2,2-3H3,(H,21,22). The Morgan fingerprint density at radius 3 is 2.75 bits per heavy atom. The number of hydrogen-bond donors (Lipinski definition) is 1. The van der Waals surface area contributed by atoms with Gasteiger partial charge in [0, 0.05) is 12.4 Å². The average molecular weight is 320 g/mol. The summed E-state index contributed by atoms with van der Waals surface area (Å²) >= 11 is 0. The highest BCUT2D eigenvalue weighted by Crippen LogP contribution is 2.29. The Hall–Kier alpha value is -3.01. The van der Waals surface area contributed by atoms with Gasteiger partial charge in [-0.25, -0.2) is 0 Å². The fourth-order valence-electron chi connectivity index (χ4n) is 2.67. The lowest BCUT2D eigenvalue weighted by Crippen LogP contribution is -2.18. The van der Waals surface area contributed by atoms with Gasteiger partial charge in [0.1, 0.15) is 29.5 Å². The molecule has 0 atom stereocenters. The normalized spacial score (nSPS) is 11.5. The van der Waals surface area contributed by atoms with Gasteiger partial charge in [0.2, 0.25) is 0 Å². The van der Waals surface area contributed by atoms with Crippen LogP contribution in [-0.2, 0) is 6.61 Å². The Balaban J connectivity index is 1.93. The minimum Gasteiger partial charge on any atom is -0.489 e. The van der Waals surface area contributed by atoms with Crippen LogP contribution in [0.2, 0.25) is 0 Å². The number of furan rings is 1. The summed E-state index contributed by atoms with van der Waals surface area (Å²) in [6, 6.07) is 15.9. The molecule has 0 bridgehead atoms. The van der Waals surface area contributed by atoms with Crippen molar-refractivity contribution in [1.29, 1.82) is 0 Å². The fraction of sp³-hybridized carbons (Fsp3) is 0.150. The van der Waals surface area contributed by atoms with Crippen LogP contribution in [0.3, 0.4) is 0 Å². The molecule has 24 heavy (non-hydrogen) atoms. The predicted molar refractivity (Wildman–Crippen MR) is 97.5 cm³/mol. The molecule has 0 aliphatic rings. The third-order valence-corrected chi connectivity index (χ3v) is 3.78. The number of rotatable bonds is 5. The zero-order valence-corrected chi connectivity index (χ0v) is 13.9. The third-order valence-electron chi connectivity index (χ3n) is 3.78. The van der Waals surface area contributed by atoms with Gasteiger partial charge < -0.3 is 14.5 Å². The summed E-state index contributed by atoms with van der Waals surface area (Å²) < 4.78 is 11.8. The molecule has 0 radical (unpaired) electrons. The minimum absolute atomic E-state index is 0.526. The molecule has 1 N–H and O–H groups in total. The van der Waals surface area contributed by atoms with E-state index in [-0.39, 0.29) is 0 Å². The maximum atomic E-state index is 5.92. The molecule has 3 rings (SSSR count). The van der Waals surface area contributed by atoms with Gasteiger partial charge >= 0.3 is 0 Å². The molecule has 0 fully saturated rings. The highest BCUT2D eigenvalue weighted by Gasteiger charge is 2.16. The monoisotopic (exact) mass is 320 g/mol. The second-order valence-corrected chi connectivity index (χ2v) is 5.39. The van der Waals surface area contributed by atoms with E-state index in [2.05, 4.69) is 16.9 Å². The SMILES string of the molecule is C=CNC(=NC)c1c(C)oc2ccc(OCc3ccccc3)cc12. The molecule has 4 heteroatoms. The molecular weight excluding hydrogens is 300 g/mol. The van der Waals surface area contributed by atoms with Crippen molar-refractivity contribution < 1.29 is 9.15 Å². The zero-order chi connectivity index (χ0) is 16.9. The molecule has 1 aromatic heterocycles. The highest BCUT2D eigenvalue weighted by molar-refractivity contribution is 6.10. The third kappa shape index (κ3) is 3.18. The van der Waals surface area contributed by atoms with Gasteiger partial charge in [-0.05, 0) is 36.9 Å². The molecule has 0 saturated carbocycles. The van der Waals surface area contributed by atoms with Crippen molar-refractivity contribution >= 4 is 16.8 Å². The molecule has 0 unspecified atom stereocenters. The summed E-state index contributed by atoms with van der Waals surface area (Å²) in [5, 5.41) is 4.02. The molecule has 2 aromatic carbocycles. The Morgan fingerprint density at radius 1 is 1.25 bits per heavy atom. The van der Waals surface area contributed by atoms with E-state index < -0.39 is 0 Å². The van der Waals surface area contributed by atoms with Crippen molar-refractivity contribution in [3.63, 3.8) is 0 Å². The number of nitrogens with one attached hydrogen (secondary N) is 1. The molecule has 3 aromatic rings. The number of hydrogen-bond acceptors (Lipinski definition) is 3. The summed E-state index contributed by atoms with van der Waals surface area (Å²) in [4.78, 5) is 4.29. The van der Waals surface area contributed by atoms with Crippen LogP contribution >= 0.6 is 0 Å². The second kappa shape index (κ2) is 7.04. The summed E-state index contributed by atoms with van der Waals surface area (Å²) in [5.74, 6) is 2.32. The van der Waals surface area contributed by atoms with Crippen molar-refractivity contribution in [3.05, 3.63) is 78.2 Å². The number of aliphatic imine (C=N–C) groups is 1. The van der Waals surface area contributed by atoms with Crippen molar-refractivity contribution in [3.8, 4) is 5.75 Å². The van der Waals surface area contributed by atoms with E-state index in [0.717, 1.165) is 39.4 Å². The van der Waals surface area contributed by atoms with Crippen LogP contribution in [0.15, 0.2) is 70.7 Å². The molecule has 0 spiro atoms. The van der Waals surface area contributed by atoms with Crippen LogP contribution in [0.25, 0.3) is 11.0 Å². The number of aryl methyl sites for hydroxylation is 1. The van der Waals surface area contributed by atoms with Gasteiger partial charge in [0.05, 0.1) is 5.56 Å². The number of benzene rings is 2. The van der Waals surface area contributed by atoms with E-state index in [0.29, 0.717) is 6.61 Å². The smallest absolute Gasteiger partial charge is 0.136 e. The topological polar surface area (TPSA) is 46.8 Å².